The minimum atomic E-state index is -0.121. The molecule has 27 heavy (non-hydrogen) atoms. The zero-order chi connectivity index (χ0) is 19.2. The van der Waals surface area contributed by atoms with Gasteiger partial charge in [0.25, 0.3) is 5.91 Å². The quantitative estimate of drug-likeness (QED) is 0.538. The van der Waals surface area contributed by atoms with Crippen molar-refractivity contribution in [3.8, 4) is 5.75 Å². The van der Waals surface area contributed by atoms with Crippen LogP contribution in [0.2, 0.25) is 0 Å². The van der Waals surface area contributed by atoms with Gasteiger partial charge in [0.05, 0.1) is 7.11 Å². The lowest BCUT2D eigenvalue weighted by atomic mass is 10.1. The molecule has 0 unspecified atom stereocenters. The number of nitrogens with one attached hydrogen (secondary N) is 2. The van der Waals surface area contributed by atoms with E-state index in [9.17, 15) is 4.79 Å². The second kappa shape index (κ2) is 8.73. The van der Waals surface area contributed by atoms with Gasteiger partial charge in [-0.3, -0.25) is 4.79 Å². The first-order valence-electron chi connectivity index (χ1n) is 8.61. The third-order valence-corrected chi connectivity index (χ3v) is 4.82. The fraction of sp³-hybridized carbons (Fsp3) is 0.136. The van der Waals surface area contributed by atoms with Crippen molar-refractivity contribution < 1.29 is 9.53 Å². The Morgan fingerprint density at radius 2 is 1.74 bits per heavy atom. The fourth-order valence-electron chi connectivity index (χ4n) is 2.82. The van der Waals surface area contributed by atoms with Crippen LogP contribution < -0.4 is 15.4 Å². The van der Waals surface area contributed by atoms with Gasteiger partial charge in [0, 0.05) is 33.5 Å². The number of hydrogen-bond donors (Lipinski definition) is 2. The lowest BCUT2D eigenvalue weighted by molar-refractivity contribution is 0.102. The van der Waals surface area contributed by atoms with Gasteiger partial charge >= 0.3 is 0 Å². The third-order valence-electron chi connectivity index (χ3n) is 4.33. The van der Waals surface area contributed by atoms with Crippen LogP contribution >= 0.6 is 15.9 Å². The highest BCUT2D eigenvalue weighted by Gasteiger charge is 2.10. The summed E-state index contributed by atoms with van der Waals surface area (Å²) in [5.41, 5.74) is 4.41. The van der Waals surface area contributed by atoms with Crippen molar-refractivity contribution in [3.05, 3.63) is 87.9 Å². The van der Waals surface area contributed by atoms with Gasteiger partial charge in [-0.1, -0.05) is 40.2 Å². The minimum absolute atomic E-state index is 0.121. The van der Waals surface area contributed by atoms with Crippen LogP contribution in [0.3, 0.4) is 0 Å². The van der Waals surface area contributed by atoms with Crippen LogP contribution in [-0.4, -0.2) is 13.0 Å². The van der Waals surface area contributed by atoms with E-state index in [0.717, 1.165) is 32.7 Å². The van der Waals surface area contributed by atoms with Crippen LogP contribution in [0.15, 0.2) is 71.2 Å². The lowest BCUT2D eigenvalue weighted by Gasteiger charge is -2.15. The molecule has 0 saturated carbocycles. The molecule has 5 heteroatoms. The van der Waals surface area contributed by atoms with Crippen molar-refractivity contribution in [2.75, 3.05) is 17.7 Å². The van der Waals surface area contributed by atoms with Crippen LogP contribution in [0.4, 0.5) is 11.4 Å². The monoisotopic (exact) mass is 424 g/mol. The number of halogens is 1. The summed E-state index contributed by atoms with van der Waals surface area (Å²) in [5, 5.41) is 6.42. The summed E-state index contributed by atoms with van der Waals surface area (Å²) < 4.78 is 6.43. The number of carbonyl (C=O) groups excluding carboxylic acids is 1. The van der Waals surface area contributed by atoms with E-state index in [2.05, 4.69) is 26.6 Å². The molecule has 0 spiro atoms. The Hall–Kier alpha value is -2.79. The predicted octanol–water partition coefficient (Wildman–Crippen LogP) is 5.63. The first kappa shape index (κ1) is 19.0. The summed E-state index contributed by atoms with van der Waals surface area (Å²) in [6.45, 7) is 2.60. The molecule has 3 aromatic carbocycles. The maximum atomic E-state index is 12.4. The van der Waals surface area contributed by atoms with E-state index in [1.54, 1.807) is 19.2 Å². The maximum absolute atomic E-state index is 12.4. The molecule has 4 nitrogen and oxygen atoms in total. The van der Waals surface area contributed by atoms with Crippen molar-refractivity contribution in [2.45, 2.75) is 13.5 Å². The smallest absolute Gasteiger partial charge is 0.255 e. The second-order valence-corrected chi connectivity index (χ2v) is 7.02. The summed E-state index contributed by atoms with van der Waals surface area (Å²) in [4.78, 5) is 12.4. The summed E-state index contributed by atoms with van der Waals surface area (Å²) >= 11 is 3.50. The van der Waals surface area contributed by atoms with Crippen molar-refractivity contribution in [2.24, 2.45) is 0 Å². The van der Waals surface area contributed by atoms with Gasteiger partial charge in [-0.15, -0.1) is 0 Å². The molecule has 0 saturated heterocycles. The van der Waals surface area contributed by atoms with Crippen molar-refractivity contribution in [1.82, 2.24) is 0 Å². The first-order chi connectivity index (χ1) is 13.1. The van der Waals surface area contributed by atoms with Crippen LogP contribution in [0.5, 0.6) is 5.75 Å². The molecule has 138 valence electrons. The number of amides is 1. The Morgan fingerprint density at radius 3 is 2.48 bits per heavy atom. The summed E-state index contributed by atoms with van der Waals surface area (Å²) in [6.07, 6.45) is 0. The zero-order valence-corrected chi connectivity index (χ0v) is 16.8. The number of benzene rings is 3. The highest BCUT2D eigenvalue weighted by Crippen LogP contribution is 2.27. The largest absolute Gasteiger partial charge is 0.496 e. The molecule has 0 aliphatic rings. The number of carbonyl (C=O) groups is 1. The molecule has 0 aliphatic carbocycles. The van der Waals surface area contributed by atoms with Gasteiger partial charge in [0.2, 0.25) is 0 Å². The number of rotatable bonds is 6. The predicted molar refractivity (Wildman–Crippen MR) is 114 cm³/mol. The van der Waals surface area contributed by atoms with Crippen LogP contribution in [0, 0.1) is 6.92 Å². The Bertz CT molecular complexity index is 942. The Balaban J connectivity index is 1.75. The highest BCUT2D eigenvalue weighted by atomic mass is 79.9. The van der Waals surface area contributed by atoms with E-state index < -0.39 is 0 Å². The fourth-order valence-corrected chi connectivity index (χ4v) is 3.23. The summed E-state index contributed by atoms with van der Waals surface area (Å²) in [6, 6.07) is 20.9. The number of hydrogen-bond acceptors (Lipinski definition) is 3. The maximum Gasteiger partial charge on any atom is 0.255 e. The van der Waals surface area contributed by atoms with Gasteiger partial charge < -0.3 is 15.4 Å². The molecule has 0 bridgehead atoms. The normalized spacial score (nSPS) is 10.3. The van der Waals surface area contributed by atoms with E-state index in [-0.39, 0.29) is 5.91 Å². The summed E-state index contributed by atoms with van der Waals surface area (Å²) in [5.74, 6) is 0.710. The van der Waals surface area contributed by atoms with Crippen LogP contribution in [0.1, 0.15) is 21.5 Å². The molecule has 0 heterocycles. The number of anilines is 2. The first-order valence-corrected chi connectivity index (χ1v) is 9.40. The van der Waals surface area contributed by atoms with Crippen LogP contribution in [-0.2, 0) is 6.54 Å². The van der Waals surface area contributed by atoms with E-state index >= 15 is 0 Å². The Kier molecular flexibility index (Phi) is 6.14. The van der Waals surface area contributed by atoms with Crippen molar-refractivity contribution >= 4 is 33.2 Å². The van der Waals surface area contributed by atoms with Crippen molar-refractivity contribution in [1.29, 1.82) is 0 Å². The van der Waals surface area contributed by atoms with Gasteiger partial charge in [0.1, 0.15) is 5.75 Å². The van der Waals surface area contributed by atoms with Gasteiger partial charge in [-0.2, -0.15) is 0 Å². The molecule has 1 amide bonds. The zero-order valence-electron chi connectivity index (χ0n) is 15.3. The van der Waals surface area contributed by atoms with Gasteiger partial charge in [0.15, 0.2) is 0 Å². The molecule has 3 rings (SSSR count). The molecule has 0 aliphatic heterocycles. The van der Waals surface area contributed by atoms with E-state index in [1.807, 2.05) is 61.5 Å². The molecule has 2 N–H and O–H groups in total. The third kappa shape index (κ3) is 4.68. The number of ether oxygens (including phenoxy) is 1. The molecular weight excluding hydrogens is 404 g/mol. The Morgan fingerprint density at radius 1 is 1.00 bits per heavy atom. The van der Waals surface area contributed by atoms with Gasteiger partial charge in [-0.25, -0.2) is 0 Å². The standard InChI is InChI=1S/C22H21BrN2O2/c1-15-19(24-14-17-13-18(23)11-12-21(17)27-2)9-6-10-20(15)25-22(26)16-7-4-3-5-8-16/h3-13,24H,14H2,1-2H3,(H,25,26). The average molecular weight is 425 g/mol. The van der Waals surface area contributed by atoms with E-state index in [4.69, 9.17) is 4.74 Å². The molecule has 0 atom stereocenters. The highest BCUT2D eigenvalue weighted by molar-refractivity contribution is 9.10. The van der Waals surface area contributed by atoms with E-state index in [1.165, 1.54) is 0 Å². The average Bonchev–Trinajstić information content (AvgIpc) is 2.69. The van der Waals surface area contributed by atoms with Gasteiger partial charge in [-0.05, 0) is 55.0 Å². The number of methoxy groups -OCH3 is 1. The molecular formula is C22H21BrN2O2. The van der Waals surface area contributed by atoms with Crippen molar-refractivity contribution in [3.63, 3.8) is 0 Å². The second-order valence-electron chi connectivity index (χ2n) is 6.11. The van der Waals surface area contributed by atoms with Crippen LogP contribution in [0.25, 0.3) is 0 Å². The SMILES string of the molecule is COc1ccc(Br)cc1CNc1cccc(NC(=O)c2ccccc2)c1C. The molecule has 0 aromatic heterocycles. The minimum Gasteiger partial charge on any atom is -0.496 e. The summed E-state index contributed by atoms with van der Waals surface area (Å²) in [7, 11) is 1.66. The topological polar surface area (TPSA) is 50.4 Å². The Labute approximate surface area is 167 Å². The lowest BCUT2D eigenvalue weighted by Crippen LogP contribution is -2.13. The van der Waals surface area contributed by atoms with E-state index in [0.29, 0.717) is 12.1 Å². The molecule has 0 radical (unpaired) electrons. The molecule has 0 fully saturated rings. The molecule has 3 aromatic rings.